The second kappa shape index (κ2) is 9.87. The first kappa shape index (κ1) is 16.9. The molecule has 0 aliphatic rings. The van der Waals surface area contributed by atoms with Crippen LogP contribution in [0.5, 0.6) is 0 Å². The minimum absolute atomic E-state index is 0.836. The summed E-state index contributed by atoms with van der Waals surface area (Å²) in [5.41, 5.74) is 0. The van der Waals surface area contributed by atoms with Gasteiger partial charge in [-0.2, -0.15) is 0 Å². The van der Waals surface area contributed by atoms with E-state index in [1.807, 2.05) is 0 Å². The summed E-state index contributed by atoms with van der Waals surface area (Å²) < 4.78 is 17.0. The molecule has 7 heteroatoms. The SMILES string of the molecule is CCSC(=S)SCCC[Si](OC)(OC)OC. The van der Waals surface area contributed by atoms with E-state index < -0.39 is 8.80 Å². The van der Waals surface area contributed by atoms with Gasteiger partial charge in [0.15, 0.2) is 0 Å². The van der Waals surface area contributed by atoms with Gasteiger partial charge < -0.3 is 13.3 Å². The summed E-state index contributed by atoms with van der Waals surface area (Å²) in [5.74, 6) is 2.04. The van der Waals surface area contributed by atoms with E-state index in [-0.39, 0.29) is 0 Å². The summed E-state index contributed by atoms with van der Waals surface area (Å²) in [6.45, 7) is 2.11. The van der Waals surface area contributed by atoms with Gasteiger partial charge >= 0.3 is 8.80 Å². The third-order valence-corrected chi connectivity index (χ3v) is 7.54. The van der Waals surface area contributed by atoms with Crippen LogP contribution in [0.4, 0.5) is 0 Å². The minimum atomic E-state index is -2.37. The van der Waals surface area contributed by atoms with Gasteiger partial charge in [-0.25, -0.2) is 0 Å². The van der Waals surface area contributed by atoms with Crippen molar-refractivity contribution >= 4 is 48.1 Å². The van der Waals surface area contributed by atoms with E-state index in [0.29, 0.717) is 0 Å². The van der Waals surface area contributed by atoms with Crippen molar-refractivity contribution < 1.29 is 13.3 Å². The predicted octanol–water partition coefficient (Wildman–Crippen LogP) is 3.03. The first-order valence-electron chi connectivity index (χ1n) is 5.09. The number of hydrogen-bond donors (Lipinski definition) is 0. The van der Waals surface area contributed by atoms with E-state index in [0.717, 1.165) is 27.5 Å². The first-order valence-corrected chi connectivity index (χ1v) is 9.40. The maximum atomic E-state index is 5.34. The Hall–Kier alpha value is 0.887. The van der Waals surface area contributed by atoms with Crippen LogP contribution in [0.25, 0.3) is 0 Å². The molecule has 96 valence electrons. The molecule has 0 amide bonds. The van der Waals surface area contributed by atoms with Crippen LogP contribution in [0, 0.1) is 0 Å². The zero-order valence-corrected chi connectivity index (χ0v) is 13.7. The van der Waals surface area contributed by atoms with Crippen molar-refractivity contribution in [3.8, 4) is 0 Å². The summed E-state index contributed by atoms with van der Waals surface area (Å²) in [4.78, 5) is 0. The molecule has 16 heavy (non-hydrogen) atoms. The Morgan fingerprint density at radius 1 is 1.12 bits per heavy atom. The monoisotopic (exact) mass is 300 g/mol. The molecule has 0 N–H and O–H groups in total. The molecule has 0 aromatic carbocycles. The van der Waals surface area contributed by atoms with E-state index in [2.05, 4.69) is 6.92 Å². The second-order valence-electron chi connectivity index (χ2n) is 2.93. The van der Waals surface area contributed by atoms with E-state index in [1.54, 1.807) is 44.9 Å². The van der Waals surface area contributed by atoms with Crippen molar-refractivity contribution in [2.75, 3.05) is 32.8 Å². The highest BCUT2D eigenvalue weighted by molar-refractivity contribution is 8.47. The van der Waals surface area contributed by atoms with Crippen LogP contribution >= 0.6 is 35.7 Å². The highest BCUT2D eigenvalue weighted by Crippen LogP contribution is 2.21. The molecule has 0 fully saturated rings. The molecule has 0 radical (unpaired) electrons. The van der Waals surface area contributed by atoms with Crippen molar-refractivity contribution in [1.82, 2.24) is 0 Å². The fourth-order valence-corrected chi connectivity index (χ4v) is 5.37. The number of thioether (sulfide) groups is 2. The fourth-order valence-electron chi connectivity index (χ4n) is 1.16. The van der Waals surface area contributed by atoms with E-state index in [9.17, 15) is 0 Å². The molecule has 0 atom stereocenters. The van der Waals surface area contributed by atoms with Crippen molar-refractivity contribution in [2.45, 2.75) is 19.4 Å². The lowest BCUT2D eigenvalue weighted by atomic mass is 10.6. The highest BCUT2D eigenvalue weighted by Gasteiger charge is 2.36. The Bertz CT molecular complexity index is 192. The molecule has 0 aliphatic heterocycles. The standard InChI is InChI=1S/C9H20O3S3Si/c1-5-14-9(13)15-7-6-8-16(10-2,11-3)12-4/h5-8H2,1-4H3. The van der Waals surface area contributed by atoms with E-state index >= 15 is 0 Å². The number of rotatable bonds is 8. The summed E-state index contributed by atoms with van der Waals surface area (Å²) >= 11 is 8.63. The Kier molecular flexibility index (Phi) is 10.4. The molecule has 0 bridgehead atoms. The van der Waals surface area contributed by atoms with Gasteiger partial charge in [0.1, 0.15) is 3.53 Å². The normalized spacial score (nSPS) is 11.8. The van der Waals surface area contributed by atoms with Crippen LogP contribution < -0.4 is 0 Å². The Morgan fingerprint density at radius 3 is 2.12 bits per heavy atom. The fraction of sp³-hybridized carbons (Fsp3) is 0.889. The van der Waals surface area contributed by atoms with Crippen LogP contribution in [0.3, 0.4) is 0 Å². The highest BCUT2D eigenvalue weighted by atomic mass is 32.2. The van der Waals surface area contributed by atoms with Crippen molar-refractivity contribution in [2.24, 2.45) is 0 Å². The van der Waals surface area contributed by atoms with Crippen molar-refractivity contribution in [3.05, 3.63) is 0 Å². The van der Waals surface area contributed by atoms with Crippen LogP contribution in [-0.4, -0.2) is 45.2 Å². The molecule has 0 saturated heterocycles. The molecule has 0 saturated carbocycles. The topological polar surface area (TPSA) is 27.7 Å². The van der Waals surface area contributed by atoms with Gasteiger partial charge in [0, 0.05) is 27.4 Å². The first-order chi connectivity index (χ1) is 7.64. The Balaban J connectivity index is 3.74. The summed E-state index contributed by atoms with van der Waals surface area (Å²) in [6.07, 6.45) is 0.997. The van der Waals surface area contributed by atoms with Gasteiger partial charge in [0.2, 0.25) is 0 Å². The average Bonchev–Trinajstić information content (AvgIpc) is 2.31. The summed E-state index contributed by atoms with van der Waals surface area (Å²) in [6, 6.07) is 0.836. The second-order valence-corrected chi connectivity index (χ2v) is 9.58. The van der Waals surface area contributed by atoms with Gasteiger partial charge in [-0.3, -0.25) is 0 Å². The minimum Gasteiger partial charge on any atom is -0.377 e. The third kappa shape index (κ3) is 6.58. The van der Waals surface area contributed by atoms with Crippen LogP contribution in [0.2, 0.25) is 6.04 Å². The molecule has 3 nitrogen and oxygen atoms in total. The predicted molar refractivity (Wildman–Crippen MR) is 79.4 cm³/mol. The van der Waals surface area contributed by atoms with Gasteiger partial charge in [0.05, 0.1) is 0 Å². The van der Waals surface area contributed by atoms with Gasteiger partial charge in [-0.05, 0) is 17.9 Å². The van der Waals surface area contributed by atoms with Gasteiger partial charge in [-0.1, -0.05) is 19.1 Å². The maximum Gasteiger partial charge on any atom is 0.500 e. The molecule has 0 heterocycles. The molecule has 0 rings (SSSR count). The largest absolute Gasteiger partial charge is 0.500 e. The maximum absolute atomic E-state index is 5.34. The zero-order chi connectivity index (χ0) is 12.4. The van der Waals surface area contributed by atoms with E-state index in [1.165, 1.54) is 0 Å². The summed E-state index contributed by atoms with van der Waals surface area (Å²) in [7, 11) is 2.56. The lowest BCUT2D eigenvalue weighted by molar-refractivity contribution is 0.123. The van der Waals surface area contributed by atoms with Crippen molar-refractivity contribution in [3.63, 3.8) is 0 Å². The van der Waals surface area contributed by atoms with E-state index in [4.69, 9.17) is 25.5 Å². The van der Waals surface area contributed by atoms with Crippen molar-refractivity contribution in [1.29, 1.82) is 0 Å². The lowest BCUT2D eigenvalue weighted by Gasteiger charge is -2.24. The molecular weight excluding hydrogens is 280 g/mol. The Labute approximate surface area is 113 Å². The summed E-state index contributed by atoms with van der Waals surface area (Å²) in [5, 5.41) is 0. The lowest BCUT2D eigenvalue weighted by Crippen LogP contribution is -2.42. The van der Waals surface area contributed by atoms with Crippen LogP contribution in [0.15, 0.2) is 0 Å². The molecular formula is C9H20O3S3Si. The smallest absolute Gasteiger partial charge is 0.377 e. The molecule has 0 aliphatic carbocycles. The quantitative estimate of drug-likeness (QED) is 0.389. The molecule has 0 aromatic rings. The molecule has 0 aromatic heterocycles. The molecule has 0 spiro atoms. The molecule has 0 unspecified atom stereocenters. The Morgan fingerprint density at radius 2 is 1.69 bits per heavy atom. The van der Waals surface area contributed by atoms with Crippen LogP contribution in [-0.2, 0) is 13.3 Å². The zero-order valence-electron chi connectivity index (χ0n) is 10.3. The average molecular weight is 301 g/mol. The van der Waals surface area contributed by atoms with Crippen LogP contribution in [0.1, 0.15) is 13.3 Å². The number of hydrogen-bond acceptors (Lipinski definition) is 6. The van der Waals surface area contributed by atoms with Gasteiger partial charge in [-0.15, -0.1) is 23.5 Å². The third-order valence-electron chi connectivity index (χ3n) is 2.04. The number of thiocarbonyl (C=S) groups is 1. The van der Waals surface area contributed by atoms with Gasteiger partial charge in [0.25, 0.3) is 0 Å².